The van der Waals surface area contributed by atoms with E-state index in [1.54, 1.807) is 0 Å². The van der Waals surface area contributed by atoms with Crippen molar-refractivity contribution in [3.05, 3.63) is 47.7 Å². The third-order valence-corrected chi connectivity index (χ3v) is 2.70. The first-order valence-electron chi connectivity index (χ1n) is 5.52. The van der Waals surface area contributed by atoms with Gasteiger partial charge >= 0.3 is 6.18 Å². The Balaban J connectivity index is 2.57. The van der Waals surface area contributed by atoms with Crippen molar-refractivity contribution < 1.29 is 18.0 Å². The van der Waals surface area contributed by atoms with Gasteiger partial charge in [0.25, 0.3) is 0 Å². The van der Waals surface area contributed by atoms with Gasteiger partial charge in [-0.3, -0.25) is 9.78 Å². The molecule has 4 nitrogen and oxygen atoms in total. The minimum atomic E-state index is -4.48. The molecule has 7 heteroatoms. The number of hydrogen-bond donors (Lipinski definition) is 2. The summed E-state index contributed by atoms with van der Waals surface area (Å²) in [7, 11) is 0. The number of alkyl halides is 3. The number of rotatable bonds is 2. The molecule has 1 aromatic heterocycles. The molecule has 0 unspecified atom stereocenters. The standard InChI is InChI=1S/C13H10F3N3O/c14-13(15,16)8-1-2-10(17)9(6-8)11-5-7(12(18)20)3-4-19-11/h1-6H,17H2,(H2,18,20). The summed E-state index contributed by atoms with van der Waals surface area (Å²) in [5.74, 6) is -0.695. The van der Waals surface area contributed by atoms with Crippen molar-refractivity contribution in [1.29, 1.82) is 0 Å². The van der Waals surface area contributed by atoms with Gasteiger partial charge in [-0.2, -0.15) is 13.2 Å². The Morgan fingerprint density at radius 3 is 2.45 bits per heavy atom. The number of aromatic nitrogens is 1. The highest BCUT2D eigenvalue weighted by Gasteiger charge is 2.31. The Morgan fingerprint density at radius 2 is 1.85 bits per heavy atom. The number of carbonyl (C=O) groups excluding carboxylic acids is 1. The molecule has 0 aliphatic heterocycles. The first-order chi connectivity index (χ1) is 9.29. The van der Waals surface area contributed by atoms with Crippen LogP contribution in [-0.2, 0) is 6.18 Å². The lowest BCUT2D eigenvalue weighted by Gasteiger charge is -2.11. The zero-order valence-electron chi connectivity index (χ0n) is 10.1. The van der Waals surface area contributed by atoms with Crippen LogP contribution in [0, 0.1) is 0 Å². The van der Waals surface area contributed by atoms with Crippen LogP contribution < -0.4 is 11.5 Å². The van der Waals surface area contributed by atoms with E-state index in [0.717, 1.165) is 18.2 Å². The number of primary amides is 1. The van der Waals surface area contributed by atoms with Crippen LogP contribution in [0.5, 0.6) is 0 Å². The normalized spacial score (nSPS) is 11.3. The molecule has 2 aromatic rings. The lowest BCUT2D eigenvalue weighted by Crippen LogP contribution is -2.11. The van der Waals surface area contributed by atoms with Crippen molar-refractivity contribution in [2.75, 3.05) is 5.73 Å². The van der Waals surface area contributed by atoms with Gasteiger partial charge in [0.1, 0.15) is 0 Å². The number of carbonyl (C=O) groups is 1. The van der Waals surface area contributed by atoms with Crippen LogP contribution in [-0.4, -0.2) is 10.9 Å². The number of pyridine rings is 1. The first-order valence-corrected chi connectivity index (χ1v) is 5.52. The van der Waals surface area contributed by atoms with Gasteiger partial charge in [-0.05, 0) is 30.3 Å². The quantitative estimate of drug-likeness (QED) is 0.829. The summed E-state index contributed by atoms with van der Waals surface area (Å²) in [6.45, 7) is 0. The second-order valence-electron chi connectivity index (χ2n) is 4.09. The van der Waals surface area contributed by atoms with Gasteiger partial charge in [-0.15, -0.1) is 0 Å². The molecular formula is C13H10F3N3O. The molecule has 1 aromatic carbocycles. The predicted octanol–water partition coefficient (Wildman–Crippen LogP) is 2.45. The minimum Gasteiger partial charge on any atom is -0.398 e. The van der Waals surface area contributed by atoms with Gasteiger partial charge in [-0.25, -0.2) is 0 Å². The van der Waals surface area contributed by atoms with E-state index in [2.05, 4.69) is 4.98 Å². The molecule has 2 rings (SSSR count). The molecule has 4 N–H and O–H groups in total. The second-order valence-corrected chi connectivity index (χ2v) is 4.09. The molecular weight excluding hydrogens is 271 g/mol. The van der Waals surface area contributed by atoms with Gasteiger partial charge in [0, 0.05) is 23.0 Å². The van der Waals surface area contributed by atoms with E-state index < -0.39 is 17.6 Å². The highest BCUT2D eigenvalue weighted by molar-refractivity contribution is 5.94. The topological polar surface area (TPSA) is 82.0 Å². The van der Waals surface area contributed by atoms with E-state index in [1.807, 2.05) is 0 Å². The Kier molecular flexibility index (Phi) is 3.35. The molecule has 20 heavy (non-hydrogen) atoms. The smallest absolute Gasteiger partial charge is 0.398 e. The zero-order valence-corrected chi connectivity index (χ0v) is 10.1. The van der Waals surface area contributed by atoms with Crippen LogP contribution in [0.4, 0.5) is 18.9 Å². The molecule has 104 valence electrons. The van der Waals surface area contributed by atoms with Gasteiger partial charge < -0.3 is 11.5 Å². The average molecular weight is 281 g/mol. The fourth-order valence-electron chi connectivity index (χ4n) is 1.69. The van der Waals surface area contributed by atoms with E-state index in [9.17, 15) is 18.0 Å². The number of nitrogens with two attached hydrogens (primary N) is 2. The Hall–Kier alpha value is -2.57. The van der Waals surface area contributed by atoms with Crippen molar-refractivity contribution in [3.8, 4) is 11.3 Å². The van der Waals surface area contributed by atoms with Crippen LogP contribution in [0.25, 0.3) is 11.3 Å². The summed E-state index contributed by atoms with van der Waals surface area (Å²) >= 11 is 0. The molecule has 0 spiro atoms. The van der Waals surface area contributed by atoms with Crippen LogP contribution >= 0.6 is 0 Å². The number of hydrogen-bond acceptors (Lipinski definition) is 3. The van der Waals surface area contributed by atoms with Crippen molar-refractivity contribution in [3.63, 3.8) is 0 Å². The van der Waals surface area contributed by atoms with Gasteiger partial charge in [0.2, 0.25) is 5.91 Å². The molecule has 0 radical (unpaired) electrons. The van der Waals surface area contributed by atoms with Crippen LogP contribution in [0.2, 0.25) is 0 Å². The Labute approximate surface area is 112 Å². The van der Waals surface area contributed by atoms with Gasteiger partial charge in [-0.1, -0.05) is 0 Å². The van der Waals surface area contributed by atoms with E-state index in [4.69, 9.17) is 11.5 Å². The Bertz CT molecular complexity index is 668. The SMILES string of the molecule is NC(=O)c1ccnc(-c2cc(C(F)(F)F)ccc2N)c1. The zero-order chi connectivity index (χ0) is 14.9. The third kappa shape index (κ3) is 2.71. The molecule has 0 bridgehead atoms. The summed E-state index contributed by atoms with van der Waals surface area (Å²) < 4.78 is 38.1. The lowest BCUT2D eigenvalue weighted by atomic mass is 10.0. The number of anilines is 1. The van der Waals surface area contributed by atoms with E-state index in [-0.39, 0.29) is 22.5 Å². The summed E-state index contributed by atoms with van der Waals surface area (Å²) in [4.78, 5) is 15.0. The van der Waals surface area contributed by atoms with Crippen molar-refractivity contribution in [2.45, 2.75) is 6.18 Å². The highest BCUT2D eigenvalue weighted by atomic mass is 19.4. The summed E-state index contributed by atoms with van der Waals surface area (Å²) in [6, 6.07) is 5.60. The maximum absolute atomic E-state index is 12.7. The summed E-state index contributed by atoms with van der Waals surface area (Å²) in [6.07, 6.45) is -3.20. The van der Waals surface area contributed by atoms with Crippen LogP contribution in [0.15, 0.2) is 36.5 Å². The van der Waals surface area contributed by atoms with Crippen LogP contribution in [0.1, 0.15) is 15.9 Å². The maximum Gasteiger partial charge on any atom is 0.416 e. The molecule has 0 atom stereocenters. The van der Waals surface area contributed by atoms with E-state index >= 15 is 0 Å². The Morgan fingerprint density at radius 1 is 1.15 bits per heavy atom. The van der Waals surface area contributed by atoms with Gasteiger partial charge in [0.05, 0.1) is 11.3 Å². The summed E-state index contributed by atoms with van der Waals surface area (Å²) in [5.41, 5.74) is 10.5. The average Bonchev–Trinajstić information content (AvgIpc) is 2.38. The minimum absolute atomic E-state index is 0.0999. The maximum atomic E-state index is 12.7. The van der Waals surface area contributed by atoms with E-state index in [1.165, 1.54) is 18.3 Å². The molecule has 0 fully saturated rings. The number of nitrogen functional groups attached to an aromatic ring is 1. The van der Waals surface area contributed by atoms with Crippen molar-refractivity contribution >= 4 is 11.6 Å². The fraction of sp³-hybridized carbons (Fsp3) is 0.0769. The van der Waals surface area contributed by atoms with Crippen molar-refractivity contribution in [1.82, 2.24) is 4.98 Å². The lowest BCUT2D eigenvalue weighted by molar-refractivity contribution is -0.137. The monoisotopic (exact) mass is 281 g/mol. The van der Waals surface area contributed by atoms with Crippen molar-refractivity contribution in [2.24, 2.45) is 5.73 Å². The molecule has 1 amide bonds. The first kappa shape index (κ1) is 13.9. The molecule has 0 aliphatic rings. The molecule has 1 heterocycles. The highest BCUT2D eigenvalue weighted by Crippen LogP contribution is 2.34. The fourth-order valence-corrected chi connectivity index (χ4v) is 1.69. The number of halogens is 3. The number of amides is 1. The second kappa shape index (κ2) is 4.84. The number of benzene rings is 1. The largest absolute Gasteiger partial charge is 0.416 e. The van der Waals surface area contributed by atoms with Gasteiger partial charge in [0.15, 0.2) is 0 Å². The predicted molar refractivity (Wildman–Crippen MR) is 67.6 cm³/mol. The third-order valence-electron chi connectivity index (χ3n) is 2.70. The van der Waals surface area contributed by atoms with E-state index in [0.29, 0.717) is 0 Å². The summed E-state index contributed by atoms with van der Waals surface area (Å²) in [5, 5.41) is 0. The number of nitrogens with zero attached hydrogens (tertiary/aromatic N) is 1. The van der Waals surface area contributed by atoms with Crippen LogP contribution in [0.3, 0.4) is 0 Å². The molecule has 0 aliphatic carbocycles. The molecule has 0 saturated carbocycles. The molecule has 0 saturated heterocycles.